The summed E-state index contributed by atoms with van der Waals surface area (Å²) in [5.74, 6) is -1.95. The van der Waals surface area contributed by atoms with Crippen LogP contribution in [0.4, 0.5) is 8.78 Å². The zero-order valence-electron chi connectivity index (χ0n) is 9.92. The quantitative estimate of drug-likeness (QED) is 0.765. The van der Waals surface area contributed by atoms with Crippen molar-refractivity contribution in [3.63, 3.8) is 0 Å². The number of halogens is 3. The molecule has 2 N–H and O–H groups in total. The average Bonchev–Trinajstić information content (AvgIpc) is 3.06. The maximum atomic E-state index is 13.5. The molecule has 0 bridgehead atoms. The molecule has 1 aromatic rings. The average molecular weight is 355 g/mol. The summed E-state index contributed by atoms with van der Waals surface area (Å²) in [6.45, 7) is 0.631. The monoisotopic (exact) mass is 354 g/mol. The lowest BCUT2D eigenvalue weighted by molar-refractivity contribution is 0.539. The third-order valence-electron chi connectivity index (χ3n) is 2.66. The highest BCUT2D eigenvalue weighted by molar-refractivity contribution is 9.10. The Labute approximate surface area is 118 Å². The van der Waals surface area contributed by atoms with Crippen LogP contribution in [0.1, 0.15) is 12.8 Å². The normalized spacial score (nSPS) is 15.7. The second-order valence-corrected chi connectivity index (χ2v) is 6.88. The van der Waals surface area contributed by atoms with Gasteiger partial charge in [-0.15, -0.1) is 0 Å². The van der Waals surface area contributed by atoms with Gasteiger partial charge in [0, 0.05) is 29.7 Å². The summed E-state index contributed by atoms with van der Waals surface area (Å²) in [6.07, 6.45) is 2.20. The van der Waals surface area contributed by atoms with E-state index in [4.69, 9.17) is 0 Å². The second kappa shape index (κ2) is 5.82. The molecule has 0 heterocycles. The number of nitrogens with one attached hydrogen (secondary N) is 2. The van der Waals surface area contributed by atoms with Gasteiger partial charge in [-0.1, -0.05) is 0 Å². The first-order chi connectivity index (χ1) is 8.90. The van der Waals surface area contributed by atoms with Gasteiger partial charge in [0.1, 0.15) is 16.5 Å². The van der Waals surface area contributed by atoms with Gasteiger partial charge in [-0.2, -0.15) is 0 Å². The van der Waals surface area contributed by atoms with Crippen molar-refractivity contribution in [1.29, 1.82) is 0 Å². The van der Waals surface area contributed by atoms with Gasteiger partial charge in [-0.3, -0.25) is 0 Å². The van der Waals surface area contributed by atoms with Gasteiger partial charge < -0.3 is 5.32 Å². The third-order valence-corrected chi connectivity index (χ3v) is 5.08. The van der Waals surface area contributed by atoms with Crippen molar-refractivity contribution in [2.75, 3.05) is 13.1 Å². The molecule has 19 heavy (non-hydrogen) atoms. The van der Waals surface area contributed by atoms with Crippen LogP contribution in [-0.2, 0) is 10.0 Å². The lowest BCUT2D eigenvalue weighted by atomic mass is 10.3. The molecule has 1 aromatic carbocycles. The molecule has 106 valence electrons. The zero-order valence-corrected chi connectivity index (χ0v) is 12.3. The first-order valence-corrected chi connectivity index (χ1v) is 8.05. The lowest BCUT2D eigenvalue weighted by Crippen LogP contribution is -2.33. The van der Waals surface area contributed by atoms with Crippen molar-refractivity contribution in [1.82, 2.24) is 10.0 Å². The van der Waals surface area contributed by atoms with Gasteiger partial charge in [-0.25, -0.2) is 21.9 Å². The van der Waals surface area contributed by atoms with Crippen LogP contribution in [0.3, 0.4) is 0 Å². The summed E-state index contributed by atoms with van der Waals surface area (Å²) in [5.41, 5.74) is 0. The molecule has 1 aliphatic carbocycles. The number of sulfonamides is 1. The molecule has 4 nitrogen and oxygen atoms in total. The van der Waals surface area contributed by atoms with Gasteiger partial charge in [-0.05, 0) is 34.8 Å². The summed E-state index contributed by atoms with van der Waals surface area (Å²) >= 11 is 2.86. The van der Waals surface area contributed by atoms with Crippen molar-refractivity contribution in [2.24, 2.45) is 0 Å². The van der Waals surface area contributed by atoms with E-state index in [1.165, 1.54) is 0 Å². The Kier molecular flexibility index (Phi) is 4.54. The van der Waals surface area contributed by atoms with Crippen molar-refractivity contribution in [3.8, 4) is 0 Å². The van der Waals surface area contributed by atoms with Gasteiger partial charge in [0.15, 0.2) is 0 Å². The Hall–Kier alpha value is -0.570. The minimum atomic E-state index is -3.99. The minimum absolute atomic E-state index is 0.132. The molecule has 2 rings (SSSR count). The highest BCUT2D eigenvalue weighted by atomic mass is 79.9. The van der Waals surface area contributed by atoms with E-state index in [0.717, 1.165) is 18.9 Å². The lowest BCUT2D eigenvalue weighted by Gasteiger charge is -2.10. The SMILES string of the molecule is O=S(=O)(NCCNC1CC1)c1c(F)cc(F)cc1Br. The standard InChI is InChI=1S/C11H13BrF2N2O2S/c12-9-5-7(13)6-10(14)11(9)19(17,18)16-4-3-15-8-1-2-8/h5-6,8,15-16H,1-4H2. The molecule has 0 aromatic heterocycles. The summed E-state index contributed by atoms with van der Waals surface area (Å²) < 4.78 is 52.4. The molecule has 0 amide bonds. The topological polar surface area (TPSA) is 58.2 Å². The van der Waals surface area contributed by atoms with Crippen LogP contribution < -0.4 is 10.0 Å². The molecule has 8 heteroatoms. The van der Waals surface area contributed by atoms with Crippen molar-refractivity contribution < 1.29 is 17.2 Å². The van der Waals surface area contributed by atoms with Gasteiger partial charge >= 0.3 is 0 Å². The van der Waals surface area contributed by atoms with E-state index in [9.17, 15) is 17.2 Å². The van der Waals surface area contributed by atoms with Crippen molar-refractivity contribution in [2.45, 2.75) is 23.8 Å². The highest BCUT2D eigenvalue weighted by Gasteiger charge is 2.24. The predicted octanol–water partition coefficient (Wildman–Crippen LogP) is 1.76. The van der Waals surface area contributed by atoms with Crippen LogP contribution in [-0.4, -0.2) is 27.5 Å². The summed E-state index contributed by atoms with van der Waals surface area (Å²) in [4.78, 5) is -0.569. The van der Waals surface area contributed by atoms with Crippen LogP contribution in [0.2, 0.25) is 0 Å². The Morgan fingerprint density at radius 3 is 2.53 bits per heavy atom. The highest BCUT2D eigenvalue weighted by Crippen LogP contribution is 2.26. The molecule has 0 radical (unpaired) electrons. The van der Waals surface area contributed by atoms with E-state index in [2.05, 4.69) is 26.0 Å². The van der Waals surface area contributed by atoms with Crippen LogP contribution >= 0.6 is 15.9 Å². The van der Waals surface area contributed by atoms with Crippen molar-refractivity contribution in [3.05, 3.63) is 28.2 Å². The molecular weight excluding hydrogens is 342 g/mol. The van der Waals surface area contributed by atoms with Gasteiger partial charge in [0.05, 0.1) is 0 Å². The Morgan fingerprint density at radius 2 is 1.95 bits per heavy atom. The molecule has 1 fully saturated rings. The molecular formula is C11H13BrF2N2O2S. The molecule has 1 aliphatic rings. The Morgan fingerprint density at radius 1 is 1.26 bits per heavy atom. The number of rotatable bonds is 6. The maximum absolute atomic E-state index is 13.5. The Bertz CT molecular complexity index is 553. The van der Waals surface area contributed by atoms with E-state index >= 15 is 0 Å². The van der Waals surface area contributed by atoms with E-state index in [1.807, 2.05) is 0 Å². The number of hydrogen-bond donors (Lipinski definition) is 2. The van der Waals surface area contributed by atoms with Crippen LogP contribution in [0, 0.1) is 11.6 Å². The summed E-state index contributed by atoms with van der Waals surface area (Å²) in [5, 5.41) is 3.13. The van der Waals surface area contributed by atoms with E-state index in [1.54, 1.807) is 0 Å². The fraction of sp³-hybridized carbons (Fsp3) is 0.455. The third kappa shape index (κ3) is 3.95. The molecule has 0 atom stereocenters. The minimum Gasteiger partial charge on any atom is -0.313 e. The van der Waals surface area contributed by atoms with Gasteiger partial charge in [0.2, 0.25) is 10.0 Å². The molecule has 0 aliphatic heterocycles. The smallest absolute Gasteiger partial charge is 0.244 e. The largest absolute Gasteiger partial charge is 0.313 e. The second-order valence-electron chi connectivity index (χ2n) is 4.32. The number of benzene rings is 1. The molecule has 0 spiro atoms. The fourth-order valence-corrected chi connectivity index (χ4v) is 3.80. The van der Waals surface area contributed by atoms with E-state index < -0.39 is 26.6 Å². The summed E-state index contributed by atoms with van der Waals surface area (Å²) in [7, 11) is -3.99. The summed E-state index contributed by atoms with van der Waals surface area (Å²) in [6, 6.07) is 1.93. The molecule has 1 saturated carbocycles. The molecule has 0 saturated heterocycles. The predicted molar refractivity (Wildman–Crippen MR) is 70.3 cm³/mol. The fourth-order valence-electron chi connectivity index (χ4n) is 1.61. The van der Waals surface area contributed by atoms with Crippen LogP contribution in [0.15, 0.2) is 21.5 Å². The zero-order chi connectivity index (χ0) is 14.0. The van der Waals surface area contributed by atoms with Crippen LogP contribution in [0.25, 0.3) is 0 Å². The van der Waals surface area contributed by atoms with Crippen molar-refractivity contribution >= 4 is 26.0 Å². The first-order valence-electron chi connectivity index (χ1n) is 5.78. The molecule has 0 unspecified atom stereocenters. The van der Waals surface area contributed by atoms with Crippen LogP contribution in [0.5, 0.6) is 0 Å². The van der Waals surface area contributed by atoms with E-state index in [0.29, 0.717) is 18.7 Å². The first kappa shape index (κ1) is 14.8. The Balaban J connectivity index is 2.05. The van der Waals surface area contributed by atoms with E-state index in [-0.39, 0.29) is 11.0 Å². The van der Waals surface area contributed by atoms with Gasteiger partial charge in [0.25, 0.3) is 0 Å². The maximum Gasteiger partial charge on any atom is 0.244 e. The number of hydrogen-bond acceptors (Lipinski definition) is 3.